The molecule has 2 nitrogen and oxygen atoms in total. The van der Waals surface area contributed by atoms with Crippen molar-refractivity contribution in [2.75, 3.05) is 20.1 Å². The largest absolute Gasteiger partial charge is 0.308 e. The minimum atomic E-state index is -0.145. The molecule has 2 rings (SSSR count). The fourth-order valence-corrected chi connectivity index (χ4v) is 2.35. The molecule has 1 heterocycles. The van der Waals surface area contributed by atoms with Gasteiger partial charge in [0.1, 0.15) is 5.82 Å². The summed E-state index contributed by atoms with van der Waals surface area (Å²) in [6.07, 6.45) is 1.15. The number of hydrogen-bond donors (Lipinski definition) is 1. The SMILES string of the molecule is CN1CCC(NCc2ccc(Br)cc2F)C1. The lowest BCUT2D eigenvalue weighted by molar-refractivity contribution is 0.397. The molecular formula is C12H16BrFN2. The molecule has 0 bridgehead atoms. The van der Waals surface area contributed by atoms with E-state index in [-0.39, 0.29) is 5.82 Å². The average molecular weight is 287 g/mol. The van der Waals surface area contributed by atoms with Crippen molar-refractivity contribution < 1.29 is 4.39 Å². The first kappa shape index (κ1) is 12.0. The highest BCUT2D eigenvalue weighted by Gasteiger charge is 2.18. The highest BCUT2D eigenvalue weighted by Crippen LogP contribution is 2.15. The Hall–Kier alpha value is -0.450. The van der Waals surface area contributed by atoms with Crippen LogP contribution in [-0.2, 0) is 6.54 Å². The lowest BCUT2D eigenvalue weighted by Gasteiger charge is -2.13. The zero-order valence-corrected chi connectivity index (χ0v) is 10.9. The maximum absolute atomic E-state index is 13.5. The van der Waals surface area contributed by atoms with Crippen molar-refractivity contribution in [3.63, 3.8) is 0 Å². The third-order valence-electron chi connectivity index (χ3n) is 2.99. The number of hydrogen-bond acceptors (Lipinski definition) is 2. The van der Waals surface area contributed by atoms with E-state index in [2.05, 4.69) is 33.2 Å². The predicted molar refractivity (Wildman–Crippen MR) is 66.8 cm³/mol. The lowest BCUT2D eigenvalue weighted by Crippen LogP contribution is -2.31. The minimum absolute atomic E-state index is 0.145. The first-order valence-corrected chi connectivity index (χ1v) is 6.30. The van der Waals surface area contributed by atoms with E-state index in [1.807, 2.05) is 12.1 Å². The fourth-order valence-electron chi connectivity index (χ4n) is 2.02. The van der Waals surface area contributed by atoms with Gasteiger partial charge in [-0.2, -0.15) is 0 Å². The highest BCUT2D eigenvalue weighted by atomic mass is 79.9. The zero-order valence-electron chi connectivity index (χ0n) is 9.34. The second-order valence-corrected chi connectivity index (χ2v) is 5.28. The van der Waals surface area contributed by atoms with E-state index in [9.17, 15) is 4.39 Å². The van der Waals surface area contributed by atoms with E-state index in [0.717, 1.165) is 29.5 Å². The van der Waals surface area contributed by atoms with E-state index in [1.54, 1.807) is 0 Å². The Kier molecular flexibility index (Phi) is 3.95. The van der Waals surface area contributed by atoms with Gasteiger partial charge in [0.25, 0.3) is 0 Å². The summed E-state index contributed by atoms with van der Waals surface area (Å²) in [4.78, 5) is 2.29. The Labute approximate surface area is 104 Å². The number of rotatable bonds is 3. The van der Waals surface area contributed by atoms with Crippen molar-refractivity contribution in [2.24, 2.45) is 0 Å². The Morgan fingerprint density at radius 3 is 3.00 bits per heavy atom. The van der Waals surface area contributed by atoms with Crippen LogP contribution in [0.15, 0.2) is 22.7 Å². The molecule has 1 fully saturated rings. The summed E-state index contributed by atoms with van der Waals surface area (Å²) in [6, 6.07) is 5.71. The highest BCUT2D eigenvalue weighted by molar-refractivity contribution is 9.10. The molecule has 0 aliphatic carbocycles. The molecular weight excluding hydrogens is 271 g/mol. The monoisotopic (exact) mass is 286 g/mol. The average Bonchev–Trinajstić information content (AvgIpc) is 2.63. The molecule has 1 N–H and O–H groups in total. The minimum Gasteiger partial charge on any atom is -0.308 e. The molecule has 88 valence electrons. The van der Waals surface area contributed by atoms with Gasteiger partial charge in [0.15, 0.2) is 0 Å². The van der Waals surface area contributed by atoms with Crippen molar-refractivity contribution in [2.45, 2.75) is 19.0 Å². The van der Waals surface area contributed by atoms with E-state index < -0.39 is 0 Å². The predicted octanol–water partition coefficient (Wildman–Crippen LogP) is 2.38. The number of benzene rings is 1. The smallest absolute Gasteiger partial charge is 0.128 e. The van der Waals surface area contributed by atoms with Crippen LogP contribution in [0.5, 0.6) is 0 Å². The van der Waals surface area contributed by atoms with Gasteiger partial charge >= 0.3 is 0 Å². The molecule has 1 unspecified atom stereocenters. The fraction of sp³-hybridized carbons (Fsp3) is 0.500. The number of halogens is 2. The molecule has 0 radical (unpaired) electrons. The van der Waals surface area contributed by atoms with Gasteiger partial charge in [0.05, 0.1) is 0 Å². The third kappa shape index (κ3) is 3.03. The van der Waals surface area contributed by atoms with Gasteiger partial charge in [0.2, 0.25) is 0 Å². The second kappa shape index (κ2) is 5.25. The summed E-state index contributed by atoms with van der Waals surface area (Å²) in [6.45, 7) is 2.79. The van der Waals surface area contributed by atoms with Crippen molar-refractivity contribution in [1.29, 1.82) is 0 Å². The third-order valence-corrected chi connectivity index (χ3v) is 3.48. The molecule has 1 aliphatic heterocycles. The second-order valence-electron chi connectivity index (χ2n) is 4.36. The molecule has 0 aromatic heterocycles. The molecule has 1 aromatic rings. The normalized spacial score (nSPS) is 21.6. The summed E-state index contributed by atoms with van der Waals surface area (Å²) < 4.78 is 14.3. The molecule has 0 amide bonds. The summed E-state index contributed by atoms with van der Waals surface area (Å²) >= 11 is 3.25. The Bertz CT molecular complexity index is 370. The van der Waals surface area contributed by atoms with Crippen molar-refractivity contribution in [3.05, 3.63) is 34.1 Å². The van der Waals surface area contributed by atoms with Crippen LogP contribution in [-0.4, -0.2) is 31.1 Å². The van der Waals surface area contributed by atoms with E-state index in [0.29, 0.717) is 12.6 Å². The molecule has 1 saturated heterocycles. The van der Waals surface area contributed by atoms with Gasteiger partial charge in [-0.25, -0.2) is 4.39 Å². The first-order valence-electron chi connectivity index (χ1n) is 5.51. The van der Waals surface area contributed by atoms with Gasteiger partial charge < -0.3 is 10.2 Å². The van der Waals surface area contributed by atoms with Crippen LogP contribution in [0.1, 0.15) is 12.0 Å². The van der Waals surface area contributed by atoms with Crippen LogP contribution in [0, 0.1) is 5.82 Å². The maximum Gasteiger partial charge on any atom is 0.128 e. The standard InChI is InChI=1S/C12H16BrFN2/c1-16-5-4-11(8-16)15-7-9-2-3-10(13)6-12(9)14/h2-3,6,11,15H,4-5,7-8H2,1H3. The van der Waals surface area contributed by atoms with Crippen molar-refractivity contribution in [1.82, 2.24) is 10.2 Å². The van der Waals surface area contributed by atoms with Crippen LogP contribution < -0.4 is 5.32 Å². The number of likely N-dealkylation sites (N-methyl/N-ethyl adjacent to an activating group) is 1. The molecule has 1 aromatic carbocycles. The van der Waals surface area contributed by atoms with Gasteiger partial charge in [-0.1, -0.05) is 22.0 Å². The maximum atomic E-state index is 13.5. The number of nitrogens with zero attached hydrogens (tertiary/aromatic N) is 1. The molecule has 1 atom stereocenters. The summed E-state index contributed by atoms with van der Waals surface area (Å²) in [5.74, 6) is -0.145. The quantitative estimate of drug-likeness (QED) is 0.918. The molecule has 4 heteroatoms. The van der Waals surface area contributed by atoms with Gasteiger partial charge in [0, 0.05) is 29.2 Å². The van der Waals surface area contributed by atoms with Crippen LogP contribution in [0.3, 0.4) is 0 Å². The molecule has 0 spiro atoms. The first-order chi connectivity index (χ1) is 7.65. The van der Waals surface area contributed by atoms with E-state index in [1.165, 1.54) is 6.07 Å². The zero-order chi connectivity index (χ0) is 11.5. The van der Waals surface area contributed by atoms with Gasteiger partial charge in [-0.05, 0) is 32.1 Å². The summed E-state index contributed by atoms with van der Waals surface area (Å²) in [7, 11) is 2.11. The molecule has 16 heavy (non-hydrogen) atoms. The Balaban J connectivity index is 1.89. The topological polar surface area (TPSA) is 15.3 Å². The van der Waals surface area contributed by atoms with Gasteiger partial charge in [-0.3, -0.25) is 0 Å². The van der Waals surface area contributed by atoms with E-state index >= 15 is 0 Å². The van der Waals surface area contributed by atoms with Crippen LogP contribution in [0.4, 0.5) is 4.39 Å². The van der Waals surface area contributed by atoms with Crippen LogP contribution >= 0.6 is 15.9 Å². The summed E-state index contributed by atoms with van der Waals surface area (Å²) in [5, 5.41) is 3.39. The molecule has 0 saturated carbocycles. The van der Waals surface area contributed by atoms with Crippen molar-refractivity contribution in [3.8, 4) is 0 Å². The van der Waals surface area contributed by atoms with Crippen molar-refractivity contribution >= 4 is 15.9 Å². The van der Waals surface area contributed by atoms with Crippen LogP contribution in [0.2, 0.25) is 0 Å². The lowest BCUT2D eigenvalue weighted by atomic mass is 10.2. The van der Waals surface area contributed by atoms with E-state index in [4.69, 9.17) is 0 Å². The van der Waals surface area contributed by atoms with Gasteiger partial charge in [-0.15, -0.1) is 0 Å². The summed E-state index contributed by atoms with van der Waals surface area (Å²) in [5.41, 5.74) is 0.734. The molecule has 1 aliphatic rings. The number of nitrogens with one attached hydrogen (secondary N) is 1. The Morgan fingerprint density at radius 2 is 2.38 bits per heavy atom. The van der Waals surface area contributed by atoms with Crippen LogP contribution in [0.25, 0.3) is 0 Å². The Morgan fingerprint density at radius 1 is 1.56 bits per heavy atom. The number of likely N-dealkylation sites (tertiary alicyclic amines) is 1.